The molecule has 0 aromatic carbocycles. The molecule has 0 rings (SSSR count). The molecule has 0 aliphatic rings. The molecule has 0 fully saturated rings. The lowest BCUT2D eigenvalue weighted by atomic mass is 10.0. The first-order chi connectivity index (χ1) is 6.77. The molecule has 0 spiro atoms. The molecule has 0 radical (unpaired) electrons. The van der Waals surface area contributed by atoms with Crippen molar-refractivity contribution in [2.45, 2.75) is 72.1 Å². The summed E-state index contributed by atoms with van der Waals surface area (Å²) in [5, 5.41) is 0. The van der Waals surface area contributed by atoms with Crippen molar-refractivity contribution in [2.24, 2.45) is 5.92 Å². The van der Waals surface area contributed by atoms with Gasteiger partial charge in [0.05, 0.1) is 0 Å². The van der Waals surface area contributed by atoms with E-state index in [0.29, 0.717) is 0 Å². The molecule has 0 N–H and O–H groups in total. The second-order valence-electron chi connectivity index (χ2n) is 4.41. The van der Waals surface area contributed by atoms with E-state index in [4.69, 9.17) is 0 Å². The van der Waals surface area contributed by atoms with Crippen molar-refractivity contribution < 1.29 is 0 Å². The predicted octanol–water partition coefficient (Wildman–Crippen LogP) is 4.79. The van der Waals surface area contributed by atoms with Gasteiger partial charge in [-0.25, -0.2) is 0 Å². The maximum Gasteiger partial charge on any atom is 0.00886 e. The molecule has 14 heavy (non-hydrogen) atoms. The van der Waals surface area contributed by atoms with Crippen molar-refractivity contribution in [3.63, 3.8) is 0 Å². The van der Waals surface area contributed by atoms with Crippen LogP contribution in [0.25, 0.3) is 0 Å². The van der Waals surface area contributed by atoms with Gasteiger partial charge in [0, 0.05) is 12.8 Å². The summed E-state index contributed by atoms with van der Waals surface area (Å²) < 4.78 is 0. The molecule has 0 bridgehead atoms. The van der Waals surface area contributed by atoms with Crippen molar-refractivity contribution in [1.82, 2.24) is 0 Å². The molecule has 0 saturated carbocycles. The van der Waals surface area contributed by atoms with Crippen molar-refractivity contribution in [3.05, 3.63) is 0 Å². The highest BCUT2D eigenvalue weighted by atomic mass is 14.0. The number of rotatable bonds is 7. The third-order valence-corrected chi connectivity index (χ3v) is 2.39. The minimum Gasteiger partial charge on any atom is -0.104 e. The third-order valence-electron chi connectivity index (χ3n) is 2.39. The summed E-state index contributed by atoms with van der Waals surface area (Å²) in [6.45, 7) is 6.72. The second-order valence-corrected chi connectivity index (χ2v) is 4.41. The molecule has 0 amide bonds. The Kier molecular flexibility index (Phi) is 10.3. The summed E-state index contributed by atoms with van der Waals surface area (Å²) >= 11 is 0. The highest BCUT2D eigenvalue weighted by Crippen LogP contribution is 2.10. The van der Waals surface area contributed by atoms with Crippen LogP contribution in [0, 0.1) is 17.8 Å². The fraction of sp³-hybridized carbons (Fsp3) is 0.857. The minimum atomic E-state index is 0.880. The van der Waals surface area contributed by atoms with Crippen molar-refractivity contribution in [1.29, 1.82) is 0 Å². The molecule has 0 aromatic heterocycles. The van der Waals surface area contributed by atoms with Crippen LogP contribution in [0.2, 0.25) is 0 Å². The fourth-order valence-electron chi connectivity index (χ4n) is 1.51. The topological polar surface area (TPSA) is 0 Å². The van der Waals surface area contributed by atoms with Crippen LogP contribution in [-0.2, 0) is 0 Å². The minimum absolute atomic E-state index is 0.880. The molecular weight excluding hydrogens is 168 g/mol. The van der Waals surface area contributed by atoms with E-state index in [-0.39, 0.29) is 0 Å². The Hall–Kier alpha value is -0.440. The van der Waals surface area contributed by atoms with Gasteiger partial charge >= 0.3 is 0 Å². The zero-order valence-electron chi connectivity index (χ0n) is 10.2. The van der Waals surface area contributed by atoms with Crippen LogP contribution >= 0.6 is 0 Å². The summed E-state index contributed by atoms with van der Waals surface area (Å²) in [7, 11) is 0. The summed E-state index contributed by atoms with van der Waals surface area (Å²) in [5.74, 6) is 7.19. The van der Waals surface area contributed by atoms with Gasteiger partial charge in [-0.05, 0) is 12.3 Å². The molecular formula is C14H26. The maximum atomic E-state index is 3.19. The lowest BCUT2D eigenvalue weighted by molar-refractivity contribution is 0.516. The Morgan fingerprint density at radius 1 is 0.857 bits per heavy atom. The Morgan fingerprint density at radius 3 is 2.14 bits per heavy atom. The van der Waals surface area contributed by atoms with E-state index < -0.39 is 0 Å². The number of hydrogen-bond donors (Lipinski definition) is 0. The van der Waals surface area contributed by atoms with Gasteiger partial charge in [-0.2, -0.15) is 0 Å². The predicted molar refractivity (Wildman–Crippen MR) is 65.2 cm³/mol. The summed E-state index contributed by atoms with van der Waals surface area (Å²) in [5.41, 5.74) is 0. The first-order valence-corrected chi connectivity index (χ1v) is 6.23. The molecule has 0 aliphatic carbocycles. The van der Waals surface area contributed by atoms with Crippen LogP contribution in [0.15, 0.2) is 0 Å². The normalized spacial score (nSPS) is 10.0. The van der Waals surface area contributed by atoms with Crippen LogP contribution < -0.4 is 0 Å². The standard InChI is InChI=1S/C14H26/c1-4-5-6-7-8-9-10-11-12-13-14(2)3/h14H,4,7-13H2,1-3H3. The van der Waals surface area contributed by atoms with Gasteiger partial charge < -0.3 is 0 Å². The SMILES string of the molecule is CCC#CCCCCCCCC(C)C. The van der Waals surface area contributed by atoms with Gasteiger partial charge in [-0.1, -0.05) is 52.9 Å². The first-order valence-electron chi connectivity index (χ1n) is 6.23. The highest BCUT2D eigenvalue weighted by Gasteiger charge is 1.93. The van der Waals surface area contributed by atoms with Gasteiger partial charge in [-0.3, -0.25) is 0 Å². The highest BCUT2D eigenvalue weighted by molar-refractivity contribution is 4.97. The lowest BCUT2D eigenvalue weighted by Gasteiger charge is -2.03. The Morgan fingerprint density at radius 2 is 1.50 bits per heavy atom. The lowest BCUT2D eigenvalue weighted by Crippen LogP contribution is -1.87. The Balaban J connectivity index is 2.99. The molecule has 82 valence electrons. The van der Waals surface area contributed by atoms with E-state index >= 15 is 0 Å². The number of unbranched alkanes of at least 4 members (excludes halogenated alkanes) is 5. The van der Waals surface area contributed by atoms with Crippen molar-refractivity contribution in [2.75, 3.05) is 0 Å². The summed E-state index contributed by atoms with van der Waals surface area (Å²) in [6.07, 6.45) is 10.4. The van der Waals surface area contributed by atoms with E-state index in [0.717, 1.165) is 18.8 Å². The largest absolute Gasteiger partial charge is 0.104 e. The molecule has 0 aliphatic heterocycles. The zero-order chi connectivity index (χ0) is 10.6. The van der Waals surface area contributed by atoms with E-state index in [1.54, 1.807) is 0 Å². The monoisotopic (exact) mass is 194 g/mol. The van der Waals surface area contributed by atoms with Gasteiger partial charge in [0.1, 0.15) is 0 Å². The third kappa shape index (κ3) is 11.6. The zero-order valence-corrected chi connectivity index (χ0v) is 10.2. The van der Waals surface area contributed by atoms with Crippen LogP contribution in [0.5, 0.6) is 0 Å². The van der Waals surface area contributed by atoms with Gasteiger partial charge in [-0.15, -0.1) is 11.8 Å². The van der Waals surface area contributed by atoms with Crippen molar-refractivity contribution >= 4 is 0 Å². The smallest absolute Gasteiger partial charge is 0.00886 e. The Bertz CT molecular complexity index is 157. The molecule has 0 unspecified atom stereocenters. The average molecular weight is 194 g/mol. The quantitative estimate of drug-likeness (QED) is 0.404. The van der Waals surface area contributed by atoms with Crippen LogP contribution in [0.3, 0.4) is 0 Å². The Labute approximate surface area is 90.5 Å². The van der Waals surface area contributed by atoms with Crippen LogP contribution in [-0.4, -0.2) is 0 Å². The molecule has 0 heterocycles. The van der Waals surface area contributed by atoms with Gasteiger partial charge in [0.25, 0.3) is 0 Å². The van der Waals surface area contributed by atoms with E-state index in [1.807, 2.05) is 0 Å². The molecule has 0 saturated heterocycles. The maximum absolute atomic E-state index is 3.19. The molecule has 0 aromatic rings. The molecule has 0 nitrogen and oxygen atoms in total. The fourth-order valence-corrected chi connectivity index (χ4v) is 1.51. The van der Waals surface area contributed by atoms with Gasteiger partial charge in [0.15, 0.2) is 0 Å². The number of hydrogen-bond acceptors (Lipinski definition) is 0. The summed E-state index contributed by atoms with van der Waals surface area (Å²) in [4.78, 5) is 0. The molecule has 0 atom stereocenters. The van der Waals surface area contributed by atoms with E-state index in [9.17, 15) is 0 Å². The van der Waals surface area contributed by atoms with E-state index in [2.05, 4.69) is 32.6 Å². The van der Waals surface area contributed by atoms with Crippen LogP contribution in [0.4, 0.5) is 0 Å². The van der Waals surface area contributed by atoms with E-state index in [1.165, 1.54) is 38.5 Å². The summed E-state index contributed by atoms with van der Waals surface area (Å²) in [6, 6.07) is 0. The average Bonchev–Trinajstić information content (AvgIpc) is 2.15. The molecule has 0 heteroatoms. The van der Waals surface area contributed by atoms with Crippen LogP contribution in [0.1, 0.15) is 72.1 Å². The van der Waals surface area contributed by atoms with Crippen molar-refractivity contribution in [3.8, 4) is 11.8 Å². The second kappa shape index (κ2) is 10.6. The van der Waals surface area contributed by atoms with Gasteiger partial charge in [0.2, 0.25) is 0 Å². The first kappa shape index (κ1) is 13.6.